The molecule has 0 aliphatic carbocycles. The van der Waals surface area contributed by atoms with E-state index < -0.39 is 0 Å². The summed E-state index contributed by atoms with van der Waals surface area (Å²) in [7, 11) is 0. The summed E-state index contributed by atoms with van der Waals surface area (Å²) in [6, 6.07) is 15.1. The molecule has 0 radical (unpaired) electrons. The van der Waals surface area contributed by atoms with Crippen molar-refractivity contribution in [3.05, 3.63) is 70.9 Å². The zero-order valence-electron chi connectivity index (χ0n) is 16.2. The number of benzene rings is 2. The number of hydrogen-bond donors (Lipinski definition) is 1. The molecule has 2 aromatic carbocycles. The Morgan fingerprint density at radius 1 is 0.893 bits per heavy atom. The van der Waals surface area contributed by atoms with Crippen molar-refractivity contribution in [1.82, 2.24) is 9.88 Å². The van der Waals surface area contributed by atoms with Crippen molar-refractivity contribution in [1.29, 1.82) is 0 Å². The predicted octanol–water partition coefficient (Wildman–Crippen LogP) is 4.34. The van der Waals surface area contributed by atoms with Crippen LogP contribution in [-0.2, 0) is 0 Å². The first-order chi connectivity index (χ1) is 13.6. The first-order valence-electron chi connectivity index (χ1n) is 9.63. The van der Waals surface area contributed by atoms with Crippen LogP contribution in [0.25, 0.3) is 10.9 Å². The van der Waals surface area contributed by atoms with Crippen molar-refractivity contribution in [2.75, 3.05) is 18.4 Å². The quantitative estimate of drug-likeness (QED) is 0.516. The standard InChI is InChI=1S/C23H23N3O2/c1-15-16(2)25-20-12-6-5-11-19(20)21(15)24-13-7-8-14-26-22(27)17-9-3-4-10-18(17)23(26)28/h3-6,9-12H,7-8,13-14H2,1-2H3,(H,24,25). The summed E-state index contributed by atoms with van der Waals surface area (Å²) in [4.78, 5) is 30.8. The summed E-state index contributed by atoms with van der Waals surface area (Å²) >= 11 is 0. The molecule has 2 heterocycles. The number of para-hydroxylation sites is 1. The Kier molecular flexibility index (Phi) is 4.82. The SMILES string of the molecule is Cc1nc2ccccc2c(NCCCCN2C(=O)c3ccccc3C2=O)c1C. The number of hydrogen-bond acceptors (Lipinski definition) is 4. The lowest BCUT2D eigenvalue weighted by atomic mass is 10.1. The number of carbonyl (C=O) groups is 2. The zero-order chi connectivity index (χ0) is 19.7. The van der Waals surface area contributed by atoms with Gasteiger partial charge in [-0.1, -0.05) is 30.3 Å². The number of amides is 2. The van der Waals surface area contributed by atoms with Crippen molar-refractivity contribution in [3.63, 3.8) is 0 Å². The second kappa shape index (κ2) is 7.43. The molecule has 142 valence electrons. The minimum absolute atomic E-state index is 0.180. The molecular formula is C23H23N3O2. The maximum Gasteiger partial charge on any atom is 0.261 e. The number of imide groups is 1. The number of aryl methyl sites for hydroxylation is 1. The van der Waals surface area contributed by atoms with Crippen LogP contribution < -0.4 is 5.32 Å². The molecule has 2 amide bonds. The predicted molar refractivity (Wildman–Crippen MR) is 111 cm³/mol. The monoisotopic (exact) mass is 373 g/mol. The summed E-state index contributed by atoms with van der Waals surface area (Å²) in [6.07, 6.45) is 1.63. The maximum absolute atomic E-state index is 12.4. The van der Waals surface area contributed by atoms with E-state index in [1.165, 1.54) is 4.90 Å². The third-order valence-electron chi connectivity index (χ3n) is 5.37. The van der Waals surface area contributed by atoms with Gasteiger partial charge < -0.3 is 5.32 Å². The Labute approximate surface area is 164 Å². The van der Waals surface area contributed by atoms with Crippen LogP contribution in [0, 0.1) is 13.8 Å². The van der Waals surface area contributed by atoms with Gasteiger partial charge in [-0.05, 0) is 50.5 Å². The topological polar surface area (TPSA) is 62.3 Å². The molecule has 0 atom stereocenters. The van der Waals surface area contributed by atoms with Crippen LogP contribution in [0.15, 0.2) is 48.5 Å². The smallest absolute Gasteiger partial charge is 0.261 e. The highest BCUT2D eigenvalue weighted by atomic mass is 16.2. The molecule has 0 unspecified atom stereocenters. The van der Waals surface area contributed by atoms with Gasteiger partial charge in [0.15, 0.2) is 0 Å². The van der Waals surface area contributed by atoms with Crippen LogP contribution in [0.2, 0.25) is 0 Å². The molecule has 28 heavy (non-hydrogen) atoms. The van der Waals surface area contributed by atoms with Gasteiger partial charge in [0.05, 0.1) is 16.6 Å². The molecule has 5 nitrogen and oxygen atoms in total. The number of pyridine rings is 1. The lowest BCUT2D eigenvalue weighted by Crippen LogP contribution is -2.30. The Morgan fingerprint density at radius 3 is 2.25 bits per heavy atom. The van der Waals surface area contributed by atoms with Crippen molar-refractivity contribution in [2.45, 2.75) is 26.7 Å². The number of nitrogens with zero attached hydrogens (tertiary/aromatic N) is 2. The number of unbranched alkanes of at least 4 members (excludes halogenated alkanes) is 1. The highest BCUT2D eigenvalue weighted by Gasteiger charge is 2.34. The molecule has 0 fully saturated rings. The van der Waals surface area contributed by atoms with Crippen molar-refractivity contribution < 1.29 is 9.59 Å². The van der Waals surface area contributed by atoms with Crippen LogP contribution >= 0.6 is 0 Å². The fourth-order valence-electron chi connectivity index (χ4n) is 3.71. The molecule has 1 aliphatic heterocycles. The van der Waals surface area contributed by atoms with Gasteiger partial charge in [-0.2, -0.15) is 0 Å². The minimum atomic E-state index is -0.180. The summed E-state index contributed by atoms with van der Waals surface area (Å²) in [6.45, 7) is 5.33. The molecule has 0 saturated heterocycles. The molecule has 4 rings (SSSR count). The second-order valence-corrected chi connectivity index (χ2v) is 7.16. The van der Waals surface area contributed by atoms with Gasteiger partial charge in [0.1, 0.15) is 0 Å². The molecule has 0 spiro atoms. The summed E-state index contributed by atoms with van der Waals surface area (Å²) in [5.74, 6) is -0.361. The maximum atomic E-state index is 12.4. The fourth-order valence-corrected chi connectivity index (χ4v) is 3.71. The van der Waals surface area contributed by atoms with Crippen LogP contribution in [0.4, 0.5) is 5.69 Å². The molecule has 0 saturated carbocycles. The average molecular weight is 373 g/mol. The van der Waals surface area contributed by atoms with E-state index in [4.69, 9.17) is 0 Å². The van der Waals surface area contributed by atoms with E-state index in [2.05, 4.69) is 23.3 Å². The van der Waals surface area contributed by atoms with E-state index in [1.807, 2.05) is 25.1 Å². The fraction of sp³-hybridized carbons (Fsp3) is 0.261. The van der Waals surface area contributed by atoms with E-state index in [-0.39, 0.29) is 11.8 Å². The van der Waals surface area contributed by atoms with E-state index in [9.17, 15) is 9.59 Å². The highest BCUT2D eigenvalue weighted by Crippen LogP contribution is 2.28. The Bertz CT molecular complexity index is 1040. The molecule has 0 bridgehead atoms. The van der Waals surface area contributed by atoms with E-state index in [0.29, 0.717) is 17.7 Å². The number of anilines is 1. The molecule has 3 aromatic rings. The first-order valence-corrected chi connectivity index (χ1v) is 9.63. The summed E-state index contributed by atoms with van der Waals surface area (Å²) in [5, 5.41) is 4.65. The van der Waals surface area contributed by atoms with Gasteiger partial charge in [0.25, 0.3) is 11.8 Å². The van der Waals surface area contributed by atoms with Crippen LogP contribution in [-0.4, -0.2) is 34.8 Å². The van der Waals surface area contributed by atoms with Crippen molar-refractivity contribution in [2.24, 2.45) is 0 Å². The van der Waals surface area contributed by atoms with E-state index in [0.717, 1.165) is 47.2 Å². The van der Waals surface area contributed by atoms with Crippen molar-refractivity contribution >= 4 is 28.4 Å². The third kappa shape index (κ3) is 3.13. The number of carbonyl (C=O) groups excluding carboxylic acids is 2. The molecule has 1 aliphatic rings. The Morgan fingerprint density at radius 2 is 1.54 bits per heavy atom. The van der Waals surface area contributed by atoms with Gasteiger partial charge in [-0.3, -0.25) is 19.5 Å². The summed E-state index contributed by atoms with van der Waals surface area (Å²) in [5.41, 5.74) is 5.30. The minimum Gasteiger partial charge on any atom is -0.384 e. The number of nitrogens with one attached hydrogen (secondary N) is 1. The van der Waals surface area contributed by atoms with E-state index in [1.54, 1.807) is 24.3 Å². The van der Waals surface area contributed by atoms with Gasteiger partial charge in [-0.15, -0.1) is 0 Å². The average Bonchev–Trinajstić information content (AvgIpc) is 2.95. The summed E-state index contributed by atoms with van der Waals surface area (Å²) < 4.78 is 0. The largest absolute Gasteiger partial charge is 0.384 e. The van der Waals surface area contributed by atoms with Crippen LogP contribution in [0.1, 0.15) is 44.8 Å². The van der Waals surface area contributed by atoms with Crippen LogP contribution in [0.3, 0.4) is 0 Å². The molecule has 5 heteroatoms. The van der Waals surface area contributed by atoms with Gasteiger partial charge in [0, 0.05) is 29.9 Å². The number of aromatic nitrogens is 1. The molecule has 1 aromatic heterocycles. The Hall–Kier alpha value is -3.21. The molecule has 1 N–H and O–H groups in total. The van der Waals surface area contributed by atoms with E-state index >= 15 is 0 Å². The number of rotatable bonds is 6. The van der Waals surface area contributed by atoms with Gasteiger partial charge in [0.2, 0.25) is 0 Å². The van der Waals surface area contributed by atoms with Crippen molar-refractivity contribution in [3.8, 4) is 0 Å². The number of fused-ring (bicyclic) bond motifs is 2. The lowest BCUT2D eigenvalue weighted by molar-refractivity contribution is 0.0652. The normalized spacial score (nSPS) is 13.3. The van der Waals surface area contributed by atoms with Crippen LogP contribution in [0.5, 0.6) is 0 Å². The lowest BCUT2D eigenvalue weighted by Gasteiger charge is -2.16. The van der Waals surface area contributed by atoms with Gasteiger partial charge in [-0.25, -0.2) is 0 Å². The third-order valence-corrected chi connectivity index (χ3v) is 5.37. The molecular weight excluding hydrogens is 350 g/mol. The highest BCUT2D eigenvalue weighted by molar-refractivity contribution is 6.21. The first kappa shape index (κ1) is 18.2. The Balaban J connectivity index is 1.37. The van der Waals surface area contributed by atoms with Gasteiger partial charge >= 0.3 is 0 Å². The zero-order valence-corrected chi connectivity index (χ0v) is 16.2. The second-order valence-electron chi connectivity index (χ2n) is 7.16.